The lowest BCUT2D eigenvalue weighted by atomic mass is 10.1. The average Bonchev–Trinajstić information content (AvgIpc) is 2.85. The Hall–Kier alpha value is -3.94. The third kappa shape index (κ3) is 6.31. The summed E-state index contributed by atoms with van der Waals surface area (Å²) in [6.07, 6.45) is 0.193. The van der Waals surface area contributed by atoms with Crippen LogP contribution in [0.5, 0.6) is 11.5 Å². The zero-order chi connectivity index (χ0) is 23.8. The van der Waals surface area contributed by atoms with Crippen molar-refractivity contribution in [1.82, 2.24) is 4.72 Å². The van der Waals surface area contributed by atoms with Crippen molar-refractivity contribution >= 4 is 21.6 Å². The molecule has 0 heterocycles. The number of anilines is 1. The van der Waals surface area contributed by atoms with Gasteiger partial charge in [0.2, 0.25) is 15.9 Å². The van der Waals surface area contributed by atoms with Gasteiger partial charge in [-0.15, -0.1) is 0 Å². The highest BCUT2D eigenvalue weighted by Crippen LogP contribution is 2.24. The number of amides is 1. The minimum Gasteiger partial charge on any atom is -0.457 e. The molecule has 0 radical (unpaired) electrons. The van der Waals surface area contributed by atoms with Gasteiger partial charge in [0.1, 0.15) is 17.5 Å². The van der Waals surface area contributed by atoms with Crippen LogP contribution in [0.1, 0.15) is 5.56 Å². The molecule has 0 bridgehead atoms. The summed E-state index contributed by atoms with van der Waals surface area (Å²) in [5, 5.41) is 2.82. The third-order valence-corrected chi connectivity index (χ3v) is 6.52. The van der Waals surface area contributed by atoms with Gasteiger partial charge in [-0.1, -0.05) is 72.8 Å². The van der Waals surface area contributed by atoms with Crippen LogP contribution in [0.25, 0.3) is 0 Å². The molecule has 0 fully saturated rings. The maximum Gasteiger partial charge on any atom is 0.242 e. The Bertz CT molecular complexity index is 1330. The predicted molar refractivity (Wildman–Crippen MR) is 132 cm³/mol. The molecule has 1 amide bonds. The number of benzene rings is 4. The summed E-state index contributed by atoms with van der Waals surface area (Å²) >= 11 is 0. The van der Waals surface area contributed by atoms with Gasteiger partial charge in [0.05, 0.1) is 4.90 Å². The van der Waals surface area contributed by atoms with Gasteiger partial charge in [0.15, 0.2) is 0 Å². The zero-order valence-corrected chi connectivity index (χ0v) is 19.1. The van der Waals surface area contributed by atoms with Crippen molar-refractivity contribution in [2.75, 3.05) is 5.32 Å². The van der Waals surface area contributed by atoms with Crippen molar-refractivity contribution in [3.8, 4) is 11.5 Å². The molecule has 0 spiro atoms. The topological polar surface area (TPSA) is 84.5 Å². The predicted octanol–water partition coefficient (Wildman–Crippen LogP) is 5.01. The number of hydrogen-bond acceptors (Lipinski definition) is 4. The summed E-state index contributed by atoms with van der Waals surface area (Å²) in [7, 11) is -3.90. The highest BCUT2D eigenvalue weighted by atomic mass is 32.2. The second kappa shape index (κ2) is 10.8. The van der Waals surface area contributed by atoms with Crippen LogP contribution >= 0.6 is 0 Å². The van der Waals surface area contributed by atoms with Crippen molar-refractivity contribution in [2.45, 2.75) is 17.4 Å². The molecule has 34 heavy (non-hydrogen) atoms. The Kier molecular flexibility index (Phi) is 7.37. The van der Waals surface area contributed by atoms with Crippen LogP contribution in [0.15, 0.2) is 120 Å². The number of ether oxygens (including phenoxy) is 1. The van der Waals surface area contributed by atoms with Crippen molar-refractivity contribution < 1.29 is 17.9 Å². The van der Waals surface area contributed by atoms with Gasteiger partial charge >= 0.3 is 0 Å². The first kappa shape index (κ1) is 23.2. The molecule has 2 N–H and O–H groups in total. The van der Waals surface area contributed by atoms with E-state index in [-0.39, 0.29) is 11.3 Å². The lowest BCUT2D eigenvalue weighted by Gasteiger charge is -2.19. The molecule has 0 unspecified atom stereocenters. The lowest BCUT2D eigenvalue weighted by Crippen LogP contribution is -2.45. The fourth-order valence-electron chi connectivity index (χ4n) is 3.38. The second-order valence-electron chi connectivity index (χ2n) is 7.61. The normalized spacial score (nSPS) is 12.0. The Labute approximate surface area is 199 Å². The molecule has 4 aromatic carbocycles. The molecule has 7 heteroatoms. The molecule has 0 aliphatic carbocycles. The fraction of sp³-hybridized carbons (Fsp3) is 0.0741. The van der Waals surface area contributed by atoms with E-state index >= 15 is 0 Å². The number of para-hydroxylation sites is 1. The largest absolute Gasteiger partial charge is 0.457 e. The van der Waals surface area contributed by atoms with Crippen molar-refractivity contribution in [3.05, 3.63) is 121 Å². The molecule has 0 aliphatic rings. The molecule has 172 valence electrons. The summed E-state index contributed by atoms with van der Waals surface area (Å²) in [4.78, 5) is 13.3. The van der Waals surface area contributed by atoms with E-state index in [0.29, 0.717) is 17.2 Å². The van der Waals surface area contributed by atoms with E-state index in [4.69, 9.17) is 4.74 Å². The highest BCUT2D eigenvalue weighted by molar-refractivity contribution is 7.89. The molecule has 0 aromatic heterocycles. The van der Waals surface area contributed by atoms with Gasteiger partial charge in [0, 0.05) is 11.8 Å². The smallest absolute Gasteiger partial charge is 0.242 e. The van der Waals surface area contributed by atoms with Gasteiger partial charge in [0.25, 0.3) is 0 Å². The average molecular weight is 473 g/mol. The van der Waals surface area contributed by atoms with Gasteiger partial charge in [-0.2, -0.15) is 4.72 Å². The standard InChI is InChI=1S/C27H24N2O4S/c30-27(28-22-13-10-16-24(20-22)33-23-14-6-2-7-15-23)26(19-21-11-4-1-5-12-21)29-34(31,32)25-17-8-3-9-18-25/h1-18,20,26,29H,19H2,(H,28,30)/t26-/m0/s1. The maximum absolute atomic E-state index is 13.2. The molecule has 4 aromatic rings. The quantitative estimate of drug-likeness (QED) is 0.359. The van der Waals surface area contributed by atoms with Gasteiger partial charge in [-0.3, -0.25) is 4.79 Å². The maximum atomic E-state index is 13.2. The summed E-state index contributed by atoms with van der Waals surface area (Å²) in [5.74, 6) is 0.747. The number of carbonyl (C=O) groups is 1. The first-order valence-electron chi connectivity index (χ1n) is 10.7. The van der Waals surface area contributed by atoms with E-state index in [2.05, 4.69) is 10.0 Å². The molecule has 4 rings (SSSR count). The molecule has 1 atom stereocenters. The molecule has 0 saturated carbocycles. The summed E-state index contributed by atoms with van der Waals surface area (Å²) in [5.41, 5.74) is 1.33. The zero-order valence-electron chi connectivity index (χ0n) is 18.3. The van der Waals surface area contributed by atoms with Gasteiger partial charge in [-0.25, -0.2) is 8.42 Å². The molecule has 6 nitrogen and oxygen atoms in total. The van der Waals surface area contributed by atoms with E-state index < -0.39 is 22.0 Å². The summed E-state index contributed by atoms with van der Waals surface area (Å²) in [6, 6.07) is 32.5. The highest BCUT2D eigenvalue weighted by Gasteiger charge is 2.26. The van der Waals surface area contributed by atoms with Crippen LogP contribution in [0, 0.1) is 0 Å². The first-order valence-corrected chi connectivity index (χ1v) is 12.2. The lowest BCUT2D eigenvalue weighted by molar-refractivity contribution is -0.117. The van der Waals surface area contributed by atoms with Crippen LogP contribution in [0.3, 0.4) is 0 Å². The molecule has 0 saturated heterocycles. The van der Waals surface area contributed by atoms with Crippen LogP contribution < -0.4 is 14.8 Å². The first-order chi connectivity index (χ1) is 16.5. The SMILES string of the molecule is O=C(Nc1cccc(Oc2ccccc2)c1)[C@H](Cc1ccccc1)NS(=O)(=O)c1ccccc1. The molecular formula is C27H24N2O4S. The number of hydrogen-bond donors (Lipinski definition) is 2. The van der Waals surface area contributed by atoms with E-state index in [0.717, 1.165) is 5.56 Å². The second-order valence-corrected chi connectivity index (χ2v) is 9.32. The van der Waals surface area contributed by atoms with Crippen molar-refractivity contribution in [3.63, 3.8) is 0 Å². The minimum atomic E-state index is -3.90. The summed E-state index contributed by atoms with van der Waals surface area (Å²) < 4.78 is 34.3. The number of rotatable bonds is 9. The minimum absolute atomic E-state index is 0.0964. The van der Waals surface area contributed by atoms with E-state index in [9.17, 15) is 13.2 Å². The van der Waals surface area contributed by atoms with E-state index in [1.807, 2.05) is 60.7 Å². The Morgan fingerprint density at radius 1 is 0.735 bits per heavy atom. The van der Waals surface area contributed by atoms with Crippen molar-refractivity contribution in [1.29, 1.82) is 0 Å². The monoisotopic (exact) mass is 472 g/mol. The van der Waals surface area contributed by atoms with Gasteiger partial charge in [-0.05, 0) is 48.4 Å². The molecular weight excluding hydrogens is 448 g/mol. The van der Waals surface area contributed by atoms with Crippen LogP contribution in [-0.2, 0) is 21.2 Å². The number of sulfonamides is 1. The van der Waals surface area contributed by atoms with Crippen molar-refractivity contribution in [2.24, 2.45) is 0 Å². The van der Waals surface area contributed by atoms with Gasteiger partial charge < -0.3 is 10.1 Å². The van der Waals surface area contributed by atoms with E-state index in [1.165, 1.54) is 12.1 Å². The van der Waals surface area contributed by atoms with Crippen LogP contribution in [-0.4, -0.2) is 20.4 Å². The fourth-order valence-corrected chi connectivity index (χ4v) is 4.60. The Morgan fingerprint density at radius 2 is 1.32 bits per heavy atom. The summed E-state index contributed by atoms with van der Waals surface area (Å²) in [6.45, 7) is 0. The Morgan fingerprint density at radius 3 is 2.00 bits per heavy atom. The number of carbonyl (C=O) groups excluding carboxylic acids is 1. The van der Waals surface area contributed by atoms with E-state index in [1.54, 1.807) is 42.5 Å². The van der Waals surface area contributed by atoms with Crippen LogP contribution in [0.2, 0.25) is 0 Å². The third-order valence-electron chi connectivity index (χ3n) is 5.03. The Balaban J connectivity index is 1.54. The van der Waals surface area contributed by atoms with Crippen LogP contribution in [0.4, 0.5) is 5.69 Å². The number of nitrogens with one attached hydrogen (secondary N) is 2. The molecule has 0 aliphatic heterocycles.